The normalized spacial score (nSPS) is 13.2. The summed E-state index contributed by atoms with van der Waals surface area (Å²) in [6, 6.07) is 7.74. The summed E-state index contributed by atoms with van der Waals surface area (Å²) in [6.07, 6.45) is 5.38. The SMILES string of the molecule is COc1ccc(CCNC(=O)NCc2nn(C)c3c2CCCC3)cc1. The van der Waals surface area contributed by atoms with E-state index in [2.05, 4.69) is 15.7 Å². The van der Waals surface area contributed by atoms with E-state index in [0.29, 0.717) is 13.1 Å². The number of hydrogen-bond acceptors (Lipinski definition) is 3. The average molecular weight is 342 g/mol. The third-order valence-corrected chi connectivity index (χ3v) is 4.72. The molecule has 0 unspecified atom stereocenters. The predicted molar refractivity (Wildman–Crippen MR) is 96.8 cm³/mol. The fraction of sp³-hybridized carbons (Fsp3) is 0.474. The number of rotatable bonds is 6. The van der Waals surface area contributed by atoms with E-state index in [1.54, 1.807) is 7.11 Å². The van der Waals surface area contributed by atoms with Gasteiger partial charge in [0.25, 0.3) is 0 Å². The van der Waals surface area contributed by atoms with Crippen molar-refractivity contribution in [2.75, 3.05) is 13.7 Å². The van der Waals surface area contributed by atoms with Gasteiger partial charge in [0.1, 0.15) is 5.75 Å². The lowest BCUT2D eigenvalue weighted by Crippen LogP contribution is -2.36. The molecule has 2 N–H and O–H groups in total. The van der Waals surface area contributed by atoms with Crippen LogP contribution in [0.1, 0.15) is 35.4 Å². The van der Waals surface area contributed by atoms with E-state index in [1.807, 2.05) is 36.0 Å². The zero-order valence-corrected chi connectivity index (χ0v) is 15.0. The van der Waals surface area contributed by atoms with Gasteiger partial charge >= 0.3 is 6.03 Å². The molecular weight excluding hydrogens is 316 g/mol. The fourth-order valence-electron chi connectivity index (χ4n) is 3.34. The van der Waals surface area contributed by atoms with E-state index < -0.39 is 0 Å². The topological polar surface area (TPSA) is 68.2 Å². The minimum atomic E-state index is -0.149. The summed E-state index contributed by atoms with van der Waals surface area (Å²) in [5.41, 5.74) is 4.82. The highest BCUT2D eigenvalue weighted by atomic mass is 16.5. The number of ether oxygens (including phenoxy) is 1. The Morgan fingerprint density at radius 2 is 1.96 bits per heavy atom. The maximum Gasteiger partial charge on any atom is 0.315 e. The highest BCUT2D eigenvalue weighted by molar-refractivity contribution is 5.73. The molecular formula is C19H26N4O2. The largest absolute Gasteiger partial charge is 0.497 e. The van der Waals surface area contributed by atoms with Crippen LogP contribution in [0.4, 0.5) is 4.79 Å². The molecule has 2 aromatic rings. The van der Waals surface area contributed by atoms with Gasteiger partial charge in [0, 0.05) is 19.3 Å². The molecule has 0 fully saturated rings. The number of nitrogens with one attached hydrogen (secondary N) is 2. The molecule has 1 aromatic heterocycles. The molecule has 0 saturated carbocycles. The second kappa shape index (κ2) is 8.05. The summed E-state index contributed by atoms with van der Waals surface area (Å²) in [5.74, 6) is 0.841. The summed E-state index contributed by atoms with van der Waals surface area (Å²) < 4.78 is 7.11. The number of aromatic nitrogens is 2. The van der Waals surface area contributed by atoms with Crippen LogP contribution >= 0.6 is 0 Å². The molecule has 0 saturated heterocycles. The monoisotopic (exact) mass is 342 g/mol. The average Bonchev–Trinajstić information content (AvgIpc) is 2.97. The number of carbonyl (C=O) groups excluding carboxylic acids is 1. The Kier molecular flexibility index (Phi) is 5.58. The molecule has 3 rings (SSSR count). The lowest BCUT2D eigenvalue weighted by atomic mass is 9.96. The molecule has 6 nitrogen and oxygen atoms in total. The van der Waals surface area contributed by atoms with Crippen molar-refractivity contribution in [1.29, 1.82) is 0 Å². The number of methoxy groups -OCH3 is 1. The lowest BCUT2D eigenvalue weighted by Gasteiger charge is -2.13. The quantitative estimate of drug-likeness (QED) is 0.847. The number of aryl methyl sites for hydroxylation is 1. The summed E-state index contributed by atoms with van der Waals surface area (Å²) in [6.45, 7) is 1.08. The fourth-order valence-corrected chi connectivity index (χ4v) is 3.34. The first-order chi connectivity index (χ1) is 12.2. The Hall–Kier alpha value is -2.50. The van der Waals surface area contributed by atoms with Crippen LogP contribution in [-0.4, -0.2) is 29.5 Å². The molecule has 1 heterocycles. The number of carbonyl (C=O) groups is 1. The summed E-state index contributed by atoms with van der Waals surface area (Å²) in [4.78, 5) is 12.0. The number of fused-ring (bicyclic) bond motifs is 1. The Labute approximate surface area is 148 Å². The molecule has 25 heavy (non-hydrogen) atoms. The van der Waals surface area contributed by atoms with E-state index in [9.17, 15) is 4.79 Å². The van der Waals surface area contributed by atoms with Gasteiger partial charge in [-0.1, -0.05) is 12.1 Å². The molecule has 1 aliphatic carbocycles. The molecule has 0 atom stereocenters. The Morgan fingerprint density at radius 3 is 2.72 bits per heavy atom. The van der Waals surface area contributed by atoms with E-state index in [4.69, 9.17) is 4.74 Å². The molecule has 0 bridgehead atoms. The van der Waals surface area contributed by atoms with Gasteiger partial charge in [0.15, 0.2) is 0 Å². The zero-order chi connectivity index (χ0) is 17.6. The van der Waals surface area contributed by atoms with E-state index in [-0.39, 0.29) is 6.03 Å². The van der Waals surface area contributed by atoms with Crippen molar-refractivity contribution in [3.63, 3.8) is 0 Å². The first-order valence-corrected chi connectivity index (χ1v) is 8.85. The maximum absolute atomic E-state index is 12.0. The van der Waals surface area contributed by atoms with Crippen LogP contribution in [0.5, 0.6) is 5.75 Å². The standard InChI is InChI=1S/C19H26N4O2/c1-23-18-6-4-3-5-16(18)17(22-23)13-21-19(24)20-12-11-14-7-9-15(25-2)10-8-14/h7-10H,3-6,11-13H2,1-2H3,(H2,20,21,24). The van der Waals surface area contributed by atoms with Crippen molar-refractivity contribution in [3.05, 3.63) is 46.8 Å². The second-order valence-electron chi connectivity index (χ2n) is 6.41. The summed E-state index contributed by atoms with van der Waals surface area (Å²) in [7, 11) is 3.64. The lowest BCUT2D eigenvalue weighted by molar-refractivity contribution is 0.240. The summed E-state index contributed by atoms with van der Waals surface area (Å²) >= 11 is 0. The van der Waals surface area contributed by atoms with Crippen LogP contribution in [0.3, 0.4) is 0 Å². The Bertz CT molecular complexity index is 722. The molecule has 0 aliphatic heterocycles. The minimum absolute atomic E-state index is 0.149. The van der Waals surface area contributed by atoms with Gasteiger partial charge in [-0.05, 0) is 55.4 Å². The minimum Gasteiger partial charge on any atom is -0.497 e. The number of benzene rings is 1. The van der Waals surface area contributed by atoms with Gasteiger partial charge in [-0.25, -0.2) is 4.79 Å². The van der Waals surface area contributed by atoms with E-state index >= 15 is 0 Å². The number of nitrogens with zero attached hydrogens (tertiary/aromatic N) is 2. The molecule has 0 spiro atoms. The maximum atomic E-state index is 12.0. The van der Waals surface area contributed by atoms with Crippen LogP contribution in [0, 0.1) is 0 Å². The van der Waals surface area contributed by atoms with Gasteiger partial charge in [0.2, 0.25) is 0 Å². The van der Waals surface area contributed by atoms with Gasteiger partial charge in [-0.3, -0.25) is 4.68 Å². The van der Waals surface area contributed by atoms with Crippen molar-refractivity contribution in [2.45, 2.75) is 38.6 Å². The smallest absolute Gasteiger partial charge is 0.315 e. The number of urea groups is 1. The van der Waals surface area contributed by atoms with Gasteiger partial charge in [0.05, 0.1) is 19.3 Å². The zero-order valence-electron chi connectivity index (χ0n) is 15.0. The van der Waals surface area contributed by atoms with Crippen molar-refractivity contribution >= 4 is 6.03 Å². The molecule has 2 amide bonds. The van der Waals surface area contributed by atoms with Crippen molar-refractivity contribution in [1.82, 2.24) is 20.4 Å². The van der Waals surface area contributed by atoms with E-state index in [1.165, 1.54) is 29.7 Å². The highest BCUT2D eigenvalue weighted by Gasteiger charge is 2.19. The second-order valence-corrected chi connectivity index (χ2v) is 6.41. The van der Waals surface area contributed by atoms with Crippen molar-refractivity contribution < 1.29 is 9.53 Å². The third kappa shape index (κ3) is 4.32. The molecule has 6 heteroatoms. The van der Waals surface area contributed by atoms with Crippen LogP contribution in [0.15, 0.2) is 24.3 Å². The molecule has 1 aliphatic rings. The van der Waals surface area contributed by atoms with E-state index in [0.717, 1.165) is 30.7 Å². The number of amides is 2. The van der Waals surface area contributed by atoms with Crippen LogP contribution in [0.25, 0.3) is 0 Å². The summed E-state index contributed by atoms with van der Waals surface area (Å²) in [5, 5.41) is 10.4. The van der Waals surface area contributed by atoms with Crippen molar-refractivity contribution in [2.24, 2.45) is 7.05 Å². The van der Waals surface area contributed by atoms with Crippen LogP contribution in [-0.2, 0) is 32.9 Å². The molecule has 1 aromatic carbocycles. The first-order valence-electron chi connectivity index (χ1n) is 8.85. The Morgan fingerprint density at radius 1 is 1.20 bits per heavy atom. The first kappa shape index (κ1) is 17.3. The molecule has 0 radical (unpaired) electrons. The van der Waals surface area contributed by atoms with Crippen LogP contribution in [0.2, 0.25) is 0 Å². The third-order valence-electron chi connectivity index (χ3n) is 4.72. The van der Waals surface area contributed by atoms with Crippen LogP contribution < -0.4 is 15.4 Å². The number of hydrogen-bond donors (Lipinski definition) is 2. The van der Waals surface area contributed by atoms with Gasteiger partial charge in [-0.15, -0.1) is 0 Å². The van der Waals surface area contributed by atoms with Gasteiger partial charge in [-0.2, -0.15) is 5.10 Å². The highest BCUT2D eigenvalue weighted by Crippen LogP contribution is 2.23. The van der Waals surface area contributed by atoms with Gasteiger partial charge < -0.3 is 15.4 Å². The molecule has 134 valence electrons. The Balaban J connectivity index is 1.44. The predicted octanol–water partition coefficient (Wildman–Crippen LogP) is 2.35. The van der Waals surface area contributed by atoms with Crippen molar-refractivity contribution in [3.8, 4) is 5.75 Å².